The van der Waals surface area contributed by atoms with Crippen molar-refractivity contribution in [3.63, 3.8) is 0 Å². The van der Waals surface area contributed by atoms with E-state index in [-0.39, 0.29) is 6.61 Å². The number of anilines is 1. The highest BCUT2D eigenvalue weighted by Gasteiger charge is 2.08. The van der Waals surface area contributed by atoms with Crippen LogP contribution in [0.15, 0.2) is 22.7 Å². The van der Waals surface area contributed by atoms with Crippen LogP contribution in [0.3, 0.4) is 0 Å². The molecule has 0 heterocycles. The lowest BCUT2D eigenvalue weighted by Crippen LogP contribution is -2.27. The Balaban J connectivity index is 2.71. The number of halogens is 1. The van der Waals surface area contributed by atoms with Crippen LogP contribution in [0.2, 0.25) is 0 Å². The molecule has 0 saturated carbocycles. The molecule has 3 nitrogen and oxygen atoms in total. The molecule has 0 amide bonds. The third-order valence-electron chi connectivity index (χ3n) is 3.30. The first-order chi connectivity index (χ1) is 9.72. The molecule has 0 aliphatic rings. The molecule has 0 unspecified atom stereocenters. The smallest absolute Gasteiger partial charge is 0.0606 e. The third kappa shape index (κ3) is 5.81. The van der Waals surface area contributed by atoms with Gasteiger partial charge in [-0.1, -0.05) is 42.3 Å². The first-order valence-corrected chi connectivity index (χ1v) is 8.37. The molecule has 0 bridgehead atoms. The number of nitrogens with one attached hydrogen (secondary N) is 1. The van der Waals surface area contributed by atoms with Crippen LogP contribution in [0.4, 0.5) is 5.69 Å². The predicted octanol–water partition coefficient (Wildman–Crippen LogP) is 3.55. The van der Waals surface area contributed by atoms with E-state index in [1.165, 1.54) is 17.7 Å². The molecule has 114 valence electrons. The normalized spacial score (nSPS) is 10.8. The molecular formula is C16H27BrN2O. The van der Waals surface area contributed by atoms with Crippen molar-refractivity contribution in [2.24, 2.45) is 0 Å². The van der Waals surface area contributed by atoms with Gasteiger partial charge in [0, 0.05) is 29.8 Å². The second-order valence-corrected chi connectivity index (χ2v) is 5.87. The van der Waals surface area contributed by atoms with Gasteiger partial charge in [0.25, 0.3) is 0 Å². The van der Waals surface area contributed by atoms with E-state index >= 15 is 0 Å². The minimum absolute atomic E-state index is 0.196. The van der Waals surface area contributed by atoms with Gasteiger partial charge in [0.2, 0.25) is 0 Å². The lowest BCUT2D eigenvalue weighted by molar-refractivity contribution is 0.301. The summed E-state index contributed by atoms with van der Waals surface area (Å²) >= 11 is 3.66. The van der Waals surface area contributed by atoms with Crippen molar-refractivity contribution in [2.45, 2.75) is 39.7 Å². The predicted molar refractivity (Wildman–Crippen MR) is 90.3 cm³/mol. The van der Waals surface area contributed by atoms with Gasteiger partial charge in [-0.25, -0.2) is 0 Å². The molecule has 4 heteroatoms. The van der Waals surface area contributed by atoms with Gasteiger partial charge in [0.1, 0.15) is 0 Å². The molecule has 0 atom stereocenters. The monoisotopic (exact) mass is 342 g/mol. The van der Waals surface area contributed by atoms with Gasteiger partial charge in [0.05, 0.1) is 6.61 Å². The summed E-state index contributed by atoms with van der Waals surface area (Å²) in [5.41, 5.74) is 2.46. The molecule has 1 aromatic carbocycles. The Labute approximate surface area is 131 Å². The first kappa shape index (κ1) is 17.5. The van der Waals surface area contributed by atoms with Gasteiger partial charge in [-0.2, -0.15) is 0 Å². The number of benzene rings is 1. The maximum atomic E-state index is 9.20. The molecule has 1 aromatic rings. The molecule has 0 aromatic heterocycles. The van der Waals surface area contributed by atoms with E-state index in [1.54, 1.807) is 0 Å². The summed E-state index contributed by atoms with van der Waals surface area (Å²) < 4.78 is 1.14. The fourth-order valence-corrected chi connectivity index (χ4v) is 2.62. The Kier molecular flexibility index (Phi) is 8.90. The molecule has 0 aliphatic heterocycles. The van der Waals surface area contributed by atoms with Crippen LogP contribution in [0.25, 0.3) is 0 Å². The summed E-state index contributed by atoms with van der Waals surface area (Å²) in [4.78, 5) is 2.25. The lowest BCUT2D eigenvalue weighted by atomic mass is 10.1. The zero-order chi connectivity index (χ0) is 14.8. The Bertz CT molecular complexity index is 385. The second-order valence-electron chi connectivity index (χ2n) is 5.02. The van der Waals surface area contributed by atoms with Gasteiger partial charge in [0.15, 0.2) is 0 Å². The summed E-state index contributed by atoms with van der Waals surface area (Å²) in [6.07, 6.45) is 3.47. The summed E-state index contributed by atoms with van der Waals surface area (Å²) in [7, 11) is 0. The molecule has 0 fully saturated rings. The number of aliphatic hydroxyl groups excluding tert-OH is 1. The molecule has 0 spiro atoms. The number of rotatable bonds is 10. The quantitative estimate of drug-likeness (QED) is 0.638. The highest BCUT2D eigenvalue weighted by molar-refractivity contribution is 9.10. The van der Waals surface area contributed by atoms with Crippen LogP contribution in [-0.2, 0) is 6.54 Å². The van der Waals surface area contributed by atoms with Crippen LogP contribution in [0.1, 0.15) is 38.7 Å². The van der Waals surface area contributed by atoms with Gasteiger partial charge in [-0.05, 0) is 37.1 Å². The third-order valence-corrected chi connectivity index (χ3v) is 4.03. The zero-order valence-corrected chi connectivity index (χ0v) is 14.2. The van der Waals surface area contributed by atoms with E-state index in [0.29, 0.717) is 6.54 Å². The average molecular weight is 343 g/mol. The van der Waals surface area contributed by atoms with Crippen molar-refractivity contribution in [1.82, 2.24) is 5.32 Å². The Hall–Kier alpha value is -0.580. The van der Waals surface area contributed by atoms with Crippen molar-refractivity contribution in [2.75, 3.05) is 31.1 Å². The number of hydrogen-bond acceptors (Lipinski definition) is 3. The minimum atomic E-state index is 0.196. The SMILES string of the molecule is CCCCN(CCO)c1ccc(CNCCC)c(Br)c1. The molecule has 20 heavy (non-hydrogen) atoms. The van der Waals surface area contributed by atoms with Crippen molar-refractivity contribution < 1.29 is 5.11 Å². The molecular weight excluding hydrogens is 316 g/mol. The van der Waals surface area contributed by atoms with Crippen LogP contribution in [0, 0.1) is 0 Å². The van der Waals surface area contributed by atoms with Crippen LogP contribution in [-0.4, -0.2) is 31.3 Å². The largest absolute Gasteiger partial charge is 0.395 e. The maximum absolute atomic E-state index is 9.20. The molecule has 0 aliphatic carbocycles. The Morgan fingerprint density at radius 3 is 2.60 bits per heavy atom. The molecule has 0 saturated heterocycles. The lowest BCUT2D eigenvalue weighted by Gasteiger charge is -2.24. The highest BCUT2D eigenvalue weighted by Crippen LogP contribution is 2.24. The average Bonchev–Trinajstić information content (AvgIpc) is 2.45. The van der Waals surface area contributed by atoms with Crippen LogP contribution < -0.4 is 10.2 Å². The second kappa shape index (κ2) is 10.2. The topological polar surface area (TPSA) is 35.5 Å². The summed E-state index contributed by atoms with van der Waals surface area (Å²) in [5.74, 6) is 0. The van der Waals surface area contributed by atoms with Crippen molar-refractivity contribution in [3.05, 3.63) is 28.2 Å². The minimum Gasteiger partial charge on any atom is -0.395 e. The van der Waals surface area contributed by atoms with Crippen LogP contribution >= 0.6 is 15.9 Å². The van der Waals surface area contributed by atoms with E-state index in [2.05, 4.69) is 58.2 Å². The van der Waals surface area contributed by atoms with Gasteiger partial charge in [-0.15, -0.1) is 0 Å². The summed E-state index contributed by atoms with van der Waals surface area (Å²) in [6, 6.07) is 6.48. The summed E-state index contributed by atoms with van der Waals surface area (Å²) in [6.45, 7) is 8.18. The Morgan fingerprint density at radius 2 is 2.00 bits per heavy atom. The molecule has 0 radical (unpaired) electrons. The van der Waals surface area contributed by atoms with Crippen molar-refractivity contribution in [3.8, 4) is 0 Å². The van der Waals surface area contributed by atoms with Gasteiger partial charge in [-0.3, -0.25) is 0 Å². The molecule has 1 rings (SSSR count). The maximum Gasteiger partial charge on any atom is 0.0606 e. The fraction of sp³-hybridized carbons (Fsp3) is 0.625. The number of nitrogens with zero attached hydrogens (tertiary/aromatic N) is 1. The van der Waals surface area contributed by atoms with Crippen molar-refractivity contribution >= 4 is 21.6 Å². The number of hydrogen-bond donors (Lipinski definition) is 2. The standard InChI is InChI=1S/C16H27BrN2O/c1-3-5-9-19(10-11-20)15-7-6-14(16(17)12-15)13-18-8-4-2/h6-7,12,18,20H,3-5,8-11,13H2,1-2H3. The summed E-state index contributed by atoms with van der Waals surface area (Å²) in [5, 5.41) is 12.6. The highest BCUT2D eigenvalue weighted by atomic mass is 79.9. The van der Waals surface area contributed by atoms with Crippen molar-refractivity contribution in [1.29, 1.82) is 0 Å². The fourth-order valence-electron chi connectivity index (χ4n) is 2.12. The van der Waals surface area contributed by atoms with E-state index in [4.69, 9.17) is 0 Å². The van der Waals surface area contributed by atoms with E-state index in [0.717, 1.165) is 36.9 Å². The molecule has 2 N–H and O–H groups in total. The van der Waals surface area contributed by atoms with Gasteiger partial charge >= 0.3 is 0 Å². The number of aliphatic hydroxyl groups is 1. The zero-order valence-electron chi connectivity index (χ0n) is 12.7. The van der Waals surface area contributed by atoms with Crippen LogP contribution in [0.5, 0.6) is 0 Å². The van der Waals surface area contributed by atoms with Gasteiger partial charge < -0.3 is 15.3 Å². The van der Waals surface area contributed by atoms with E-state index in [9.17, 15) is 5.11 Å². The number of unbranched alkanes of at least 4 members (excludes halogenated alkanes) is 1. The van der Waals surface area contributed by atoms with E-state index < -0.39 is 0 Å². The first-order valence-electron chi connectivity index (χ1n) is 7.57. The Morgan fingerprint density at radius 1 is 1.20 bits per heavy atom. The van der Waals surface area contributed by atoms with E-state index in [1.807, 2.05) is 0 Å².